The highest BCUT2D eigenvalue weighted by Crippen LogP contribution is 2.09. The fourth-order valence-corrected chi connectivity index (χ4v) is 2.23. The van der Waals surface area contributed by atoms with Crippen LogP contribution in [-0.4, -0.2) is 53.7 Å². The second-order valence-corrected chi connectivity index (χ2v) is 5.26. The van der Waals surface area contributed by atoms with Gasteiger partial charge in [-0.3, -0.25) is 4.79 Å². The number of rotatable bonds is 3. The molecule has 1 aliphatic heterocycles. The molecule has 0 radical (unpaired) electrons. The largest absolute Gasteiger partial charge is 0.395 e. The Morgan fingerprint density at radius 3 is 2.86 bits per heavy atom. The van der Waals surface area contributed by atoms with Crippen LogP contribution in [0.4, 0.5) is 0 Å². The van der Waals surface area contributed by atoms with Crippen molar-refractivity contribution in [1.29, 1.82) is 0 Å². The first kappa shape index (κ1) is 15.5. The normalized spacial score (nSPS) is 16.1. The van der Waals surface area contributed by atoms with Gasteiger partial charge in [-0.1, -0.05) is 11.8 Å². The van der Waals surface area contributed by atoms with E-state index in [-0.39, 0.29) is 18.6 Å². The van der Waals surface area contributed by atoms with Crippen LogP contribution in [0.3, 0.4) is 0 Å². The zero-order valence-corrected chi connectivity index (χ0v) is 12.3. The number of piperidine rings is 1. The van der Waals surface area contributed by atoms with Crippen molar-refractivity contribution in [2.75, 3.05) is 26.7 Å². The van der Waals surface area contributed by atoms with Crippen LogP contribution in [0.5, 0.6) is 0 Å². The number of hydrogen-bond donors (Lipinski definition) is 2. The van der Waals surface area contributed by atoms with Crippen molar-refractivity contribution in [2.24, 2.45) is 0 Å². The zero-order chi connectivity index (χ0) is 15.1. The van der Waals surface area contributed by atoms with E-state index in [2.05, 4.69) is 34.1 Å². The van der Waals surface area contributed by atoms with Crippen molar-refractivity contribution < 1.29 is 9.90 Å². The summed E-state index contributed by atoms with van der Waals surface area (Å²) >= 11 is 0. The first-order chi connectivity index (χ1) is 10.2. The third-order valence-electron chi connectivity index (χ3n) is 3.52. The Kier molecular flexibility index (Phi) is 5.73. The van der Waals surface area contributed by atoms with Gasteiger partial charge >= 0.3 is 0 Å². The van der Waals surface area contributed by atoms with Crippen molar-refractivity contribution in [1.82, 2.24) is 15.2 Å². The van der Waals surface area contributed by atoms with Crippen LogP contribution < -0.4 is 5.32 Å². The van der Waals surface area contributed by atoms with Crippen molar-refractivity contribution >= 4 is 5.91 Å². The minimum absolute atomic E-state index is 0.0531. The molecule has 0 saturated carbocycles. The van der Waals surface area contributed by atoms with Crippen LogP contribution in [0.2, 0.25) is 0 Å². The van der Waals surface area contributed by atoms with E-state index >= 15 is 0 Å². The van der Waals surface area contributed by atoms with Crippen LogP contribution in [0.15, 0.2) is 18.3 Å². The lowest BCUT2D eigenvalue weighted by Gasteiger charge is -2.29. The van der Waals surface area contributed by atoms with E-state index in [1.807, 2.05) is 0 Å². The third kappa shape index (κ3) is 4.85. The molecule has 2 rings (SSSR count). The molecule has 112 valence electrons. The fraction of sp³-hybridized carbons (Fsp3) is 0.500. The molecule has 1 amide bonds. The Morgan fingerprint density at radius 1 is 1.48 bits per heavy atom. The van der Waals surface area contributed by atoms with Gasteiger partial charge in [0.15, 0.2) is 0 Å². The van der Waals surface area contributed by atoms with Gasteiger partial charge in [-0.2, -0.15) is 0 Å². The number of pyridine rings is 1. The molecule has 0 aromatic carbocycles. The number of carbonyl (C=O) groups excluding carboxylic acids is 1. The molecular formula is C16H21N3O2. The lowest BCUT2D eigenvalue weighted by atomic mass is 10.1. The summed E-state index contributed by atoms with van der Waals surface area (Å²) in [6.07, 6.45) is 3.99. The Bertz CT molecular complexity index is 523. The lowest BCUT2D eigenvalue weighted by Crippen LogP contribution is -2.43. The van der Waals surface area contributed by atoms with Crippen molar-refractivity contribution in [3.8, 4) is 11.8 Å². The molecule has 5 nitrogen and oxygen atoms in total. The summed E-state index contributed by atoms with van der Waals surface area (Å²) in [7, 11) is 2.09. The highest BCUT2D eigenvalue weighted by molar-refractivity contribution is 5.92. The Morgan fingerprint density at radius 2 is 2.24 bits per heavy atom. The predicted octanol–water partition coefficient (Wildman–Crippen LogP) is 0.639. The van der Waals surface area contributed by atoms with Gasteiger partial charge in [-0.25, -0.2) is 4.98 Å². The number of aromatic nitrogens is 1. The van der Waals surface area contributed by atoms with Crippen molar-refractivity contribution in [3.63, 3.8) is 0 Å². The Balaban J connectivity index is 1.89. The van der Waals surface area contributed by atoms with Gasteiger partial charge in [0.1, 0.15) is 5.69 Å². The number of aliphatic hydroxyl groups is 1. The van der Waals surface area contributed by atoms with Gasteiger partial charge in [-0.05, 0) is 45.1 Å². The van der Waals surface area contributed by atoms with Gasteiger partial charge < -0.3 is 15.3 Å². The summed E-state index contributed by atoms with van der Waals surface area (Å²) in [6.45, 7) is 2.08. The standard InChI is InChI=1S/C16H21N3O2/c1-19-9-7-14(8-10-19)18-16(21)15-6-5-13(12-17-15)4-2-3-11-20/h5-6,12,14,20H,3,7-11H2,1H3,(H,18,21). The highest BCUT2D eigenvalue weighted by atomic mass is 16.2. The number of hydrogen-bond acceptors (Lipinski definition) is 4. The van der Waals surface area contributed by atoms with E-state index in [9.17, 15) is 4.79 Å². The quantitative estimate of drug-likeness (QED) is 0.801. The second-order valence-electron chi connectivity index (χ2n) is 5.26. The number of nitrogens with one attached hydrogen (secondary N) is 1. The molecule has 1 aromatic heterocycles. The molecule has 0 aliphatic carbocycles. The van der Waals surface area contributed by atoms with E-state index in [4.69, 9.17) is 5.11 Å². The van der Waals surface area contributed by atoms with Crippen LogP contribution in [-0.2, 0) is 0 Å². The fourth-order valence-electron chi connectivity index (χ4n) is 2.23. The highest BCUT2D eigenvalue weighted by Gasteiger charge is 2.19. The number of aliphatic hydroxyl groups excluding tert-OH is 1. The predicted molar refractivity (Wildman–Crippen MR) is 80.8 cm³/mol. The molecule has 0 unspecified atom stereocenters. The molecule has 21 heavy (non-hydrogen) atoms. The van der Waals surface area contributed by atoms with Crippen LogP contribution in [0.25, 0.3) is 0 Å². The van der Waals surface area contributed by atoms with Crippen LogP contribution in [0, 0.1) is 11.8 Å². The number of likely N-dealkylation sites (tertiary alicyclic amines) is 1. The lowest BCUT2D eigenvalue weighted by molar-refractivity contribution is 0.0912. The van der Waals surface area contributed by atoms with Gasteiger partial charge in [0.05, 0.1) is 6.61 Å². The van der Waals surface area contributed by atoms with Gasteiger partial charge in [0, 0.05) is 24.2 Å². The second kappa shape index (κ2) is 7.77. The molecule has 1 aliphatic rings. The average molecular weight is 287 g/mol. The van der Waals surface area contributed by atoms with E-state index in [0.29, 0.717) is 12.1 Å². The van der Waals surface area contributed by atoms with Crippen molar-refractivity contribution in [3.05, 3.63) is 29.6 Å². The van der Waals surface area contributed by atoms with E-state index in [0.717, 1.165) is 31.5 Å². The summed E-state index contributed by atoms with van der Waals surface area (Å²) in [5, 5.41) is 11.7. The maximum absolute atomic E-state index is 12.1. The molecule has 0 spiro atoms. The molecule has 5 heteroatoms. The molecule has 2 heterocycles. The summed E-state index contributed by atoms with van der Waals surface area (Å²) in [6, 6.07) is 3.70. The summed E-state index contributed by atoms with van der Waals surface area (Å²) < 4.78 is 0. The summed E-state index contributed by atoms with van der Waals surface area (Å²) in [5.74, 6) is 5.59. The SMILES string of the molecule is CN1CCC(NC(=O)c2ccc(C#CCCO)cn2)CC1. The number of carbonyl (C=O) groups is 1. The van der Waals surface area contributed by atoms with Gasteiger partial charge in [-0.15, -0.1) is 0 Å². The molecule has 2 N–H and O–H groups in total. The van der Waals surface area contributed by atoms with E-state index < -0.39 is 0 Å². The zero-order valence-electron chi connectivity index (χ0n) is 12.3. The minimum atomic E-state index is -0.126. The van der Waals surface area contributed by atoms with Gasteiger partial charge in [0.2, 0.25) is 0 Å². The smallest absolute Gasteiger partial charge is 0.270 e. The summed E-state index contributed by atoms with van der Waals surface area (Å²) in [4.78, 5) is 18.5. The van der Waals surface area contributed by atoms with Gasteiger partial charge in [0.25, 0.3) is 5.91 Å². The Labute approximate surface area is 125 Å². The maximum atomic E-state index is 12.1. The third-order valence-corrected chi connectivity index (χ3v) is 3.52. The molecule has 1 saturated heterocycles. The number of amides is 1. The van der Waals surface area contributed by atoms with Crippen LogP contribution in [0.1, 0.15) is 35.3 Å². The maximum Gasteiger partial charge on any atom is 0.270 e. The van der Waals surface area contributed by atoms with E-state index in [1.54, 1.807) is 18.3 Å². The minimum Gasteiger partial charge on any atom is -0.395 e. The first-order valence-corrected chi connectivity index (χ1v) is 7.24. The summed E-state index contributed by atoms with van der Waals surface area (Å²) in [5.41, 5.74) is 1.17. The first-order valence-electron chi connectivity index (χ1n) is 7.24. The average Bonchev–Trinajstić information content (AvgIpc) is 2.50. The monoisotopic (exact) mass is 287 g/mol. The van der Waals surface area contributed by atoms with E-state index in [1.165, 1.54) is 0 Å². The molecular weight excluding hydrogens is 266 g/mol. The molecule has 0 bridgehead atoms. The van der Waals surface area contributed by atoms with Crippen molar-refractivity contribution in [2.45, 2.75) is 25.3 Å². The number of nitrogens with zero attached hydrogens (tertiary/aromatic N) is 2. The Hall–Kier alpha value is -1.90. The molecule has 0 atom stereocenters. The molecule has 1 fully saturated rings. The molecule has 1 aromatic rings. The van der Waals surface area contributed by atoms with Crippen LogP contribution >= 0.6 is 0 Å². The topological polar surface area (TPSA) is 65.5 Å².